The molecule has 1 aliphatic rings. The normalized spacial score (nSPS) is 15.2. The number of carbonyl (C=O) groups is 1. The lowest BCUT2D eigenvalue weighted by Gasteiger charge is -2.38. The second-order valence-corrected chi connectivity index (χ2v) is 9.83. The van der Waals surface area contributed by atoms with E-state index in [0.717, 1.165) is 58.8 Å². The summed E-state index contributed by atoms with van der Waals surface area (Å²) in [6, 6.07) is 27.1. The second-order valence-electron chi connectivity index (χ2n) is 8.98. The van der Waals surface area contributed by atoms with Gasteiger partial charge in [0.1, 0.15) is 0 Å². The number of nitrogens with one attached hydrogen (secondary N) is 1. The number of piperazine rings is 1. The van der Waals surface area contributed by atoms with E-state index in [-0.39, 0.29) is 5.91 Å². The highest BCUT2D eigenvalue weighted by molar-refractivity contribution is 8.00. The summed E-state index contributed by atoms with van der Waals surface area (Å²) in [5.41, 5.74) is 5.10. The van der Waals surface area contributed by atoms with Crippen LogP contribution in [0.25, 0.3) is 10.9 Å². The Kier molecular flexibility index (Phi) is 7.02. The van der Waals surface area contributed by atoms with E-state index in [4.69, 9.17) is 0 Å². The number of hydrogen-bond donors (Lipinski definition) is 1. The third-order valence-electron chi connectivity index (χ3n) is 6.77. The van der Waals surface area contributed by atoms with Crippen LogP contribution in [0.4, 0.5) is 5.69 Å². The highest BCUT2D eigenvalue weighted by Crippen LogP contribution is 2.29. The summed E-state index contributed by atoms with van der Waals surface area (Å²) in [6.45, 7) is 7.55. The largest absolute Gasteiger partial charge is 0.336 e. The lowest BCUT2D eigenvalue weighted by atomic mass is 10.1. The summed E-state index contributed by atoms with van der Waals surface area (Å²) in [5.74, 6) is 0.109. The van der Waals surface area contributed by atoms with E-state index in [2.05, 4.69) is 70.1 Å². The molecule has 5 nitrogen and oxygen atoms in total. The molecule has 1 fully saturated rings. The van der Waals surface area contributed by atoms with E-state index in [9.17, 15) is 4.79 Å². The Balaban J connectivity index is 1.20. The van der Waals surface area contributed by atoms with Crippen molar-refractivity contribution in [1.29, 1.82) is 0 Å². The Hall–Kier alpha value is -3.35. The number of nitrogens with zero attached hydrogens (tertiary/aromatic N) is 3. The first kappa shape index (κ1) is 23.4. The number of anilines is 1. The fourth-order valence-electron chi connectivity index (χ4n) is 4.62. The lowest BCUT2D eigenvalue weighted by Crippen LogP contribution is -2.49. The number of para-hydroxylation sites is 1. The third kappa shape index (κ3) is 5.19. The molecular weight excluding hydrogens is 452 g/mol. The van der Waals surface area contributed by atoms with E-state index in [1.54, 1.807) is 11.9 Å². The number of carbonyl (C=O) groups excluding carboxylic acids is 1. The van der Waals surface area contributed by atoms with Crippen molar-refractivity contribution in [3.63, 3.8) is 0 Å². The monoisotopic (exact) mass is 482 g/mol. The fraction of sp³-hybridized carbons (Fsp3) is 0.241. The maximum atomic E-state index is 13.2. The SMILES string of the molecule is Cc1cc(C(=O)N2CCN(C(C)c3ccccc3)CC2)ccc1NSc1cccc2cccnc12. The van der Waals surface area contributed by atoms with Gasteiger partial charge >= 0.3 is 0 Å². The van der Waals surface area contributed by atoms with Crippen LogP contribution >= 0.6 is 11.9 Å². The molecule has 5 rings (SSSR count). The van der Waals surface area contributed by atoms with Gasteiger partial charge in [0.25, 0.3) is 5.91 Å². The molecule has 0 aliphatic carbocycles. The van der Waals surface area contributed by atoms with Crippen LogP contribution in [-0.4, -0.2) is 46.9 Å². The van der Waals surface area contributed by atoms with E-state index in [0.29, 0.717) is 6.04 Å². The maximum Gasteiger partial charge on any atom is 0.253 e. The van der Waals surface area contributed by atoms with Gasteiger partial charge in [-0.25, -0.2) is 0 Å². The molecule has 0 radical (unpaired) electrons. The third-order valence-corrected chi connectivity index (χ3v) is 7.64. The summed E-state index contributed by atoms with van der Waals surface area (Å²) >= 11 is 1.55. The molecule has 1 unspecified atom stereocenters. The summed E-state index contributed by atoms with van der Waals surface area (Å²) in [4.78, 5) is 23.2. The van der Waals surface area contributed by atoms with Crippen LogP contribution in [0.3, 0.4) is 0 Å². The first-order valence-corrected chi connectivity index (χ1v) is 12.9. The average molecular weight is 483 g/mol. The predicted octanol–water partition coefficient (Wildman–Crippen LogP) is 6.18. The van der Waals surface area contributed by atoms with E-state index in [1.807, 2.05) is 48.4 Å². The molecule has 0 bridgehead atoms. The molecular formula is C29H30N4OS. The second kappa shape index (κ2) is 10.5. The van der Waals surface area contributed by atoms with Crippen LogP contribution in [0.1, 0.15) is 34.5 Å². The molecule has 0 spiro atoms. The van der Waals surface area contributed by atoms with Crippen molar-refractivity contribution in [2.75, 3.05) is 30.9 Å². The summed E-state index contributed by atoms with van der Waals surface area (Å²) < 4.78 is 3.45. The smallest absolute Gasteiger partial charge is 0.253 e. The first-order chi connectivity index (χ1) is 17.1. The van der Waals surface area contributed by atoms with Crippen molar-refractivity contribution < 1.29 is 4.79 Å². The van der Waals surface area contributed by atoms with Crippen LogP contribution in [-0.2, 0) is 0 Å². The van der Waals surface area contributed by atoms with Gasteiger partial charge in [-0.15, -0.1) is 0 Å². The lowest BCUT2D eigenvalue weighted by molar-refractivity contribution is 0.0582. The topological polar surface area (TPSA) is 48.5 Å². The van der Waals surface area contributed by atoms with Gasteiger partial charge in [-0.2, -0.15) is 0 Å². The van der Waals surface area contributed by atoms with Crippen LogP contribution in [0, 0.1) is 6.92 Å². The van der Waals surface area contributed by atoms with Crippen LogP contribution in [0.2, 0.25) is 0 Å². The van der Waals surface area contributed by atoms with Crippen LogP contribution in [0.15, 0.2) is 90.0 Å². The van der Waals surface area contributed by atoms with Gasteiger partial charge in [0.15, 0.2) is 0 Å². The Morgan fingerprint density at radius 1 is 0.943 bits per heavy atom. The molecule has 1 atom stereocenters. The molecule has 3 aromatic carbocycles. The average Bonchev–Trinajstić information content (AvgIpc) is 2.92. The molecule has 1 saturated heterocycles. The number of fused-ring (bicyclic) bond motifs is 1. The Morgan fingerprint density at radius 3 is 2.49 bits per heavy atom. The number of rotatable bonds is 6. The quantitative estimate of drug-likeness (QED) is 0.333. The van der Waals surface area contributed by atoms with Gasteiger partial charge in [0.2, 0.25) is 0 Å². The van der Waals surface area contributed by atoms with Crippen molar-refractivity contribution in [3.05, 3.63) is 102 Å². The van der Waals surface area contributed by atoms with E-state index < -0.39 is 0 Å². The molecule has 1 aliphatic heterocycles. The first-order valence-electron chi connectivity index (χ1n) is 12.1. The zero-order valence-corrected chi connectivity index (χ0v) is 21.0. The van der Waals surface area contributed by atoms with Crippen molar-refractivity contribution in [3.8, 4) is 0 Å². The highest BCUT2D eigenvalue weighted by atomic mass is 32.2. The van der Waals surface area contributed by atoms with Gasteiger partial charge < -0.3 is 9.62 Å². The maximum absolute atomic E-state index is 13.2. The van der Waals surface area contributed by atoms with Gasteiger partial charge in [0, 0.05) is 55.1 Å². The van der Waals surface area contributed by atoms with Gasteiger partial charge in [0.05, 0.1) is 10.4 Å². The highest BCUT2D eigenvalue weighted by Gasteiger charge is 2.25. The van der Waals surface area contributed by atoms with Crippen molar-refractivity contribution in [2.24, 2.45) is 0 Å². The molecule has 0 saturated carbocycles. The molecule has 4 aromatic rings. The fourth-order valence-corrected chi connectivity index (χ4v) is 5.48. The molecule has 1 amide bonds. The van der Waals surface area contributed by atoms with E-state index in [1.165, 1.54) is 5.56 Å². The molecule has 6 heteroatoms. The van der Waals surface area contributed by atoms with Crippen LogP contribution in [0.5, 0.6) is 0 Å². The minimum atomic E-state index is 0.109. The van der Waals surface area contributed by atoms with Gasteiger partial charge in [-0.3, -0.25) is 14.7 Å². The Bertz CT molecular complexity index is 1310. The van der Waals surface area contributed by atoms with Crippen molar-refractivity contribution in [1.82, 2.24) is 14.8 Å². The van der Waals surface area contributed by atoms with Gasteiger partial charge in [-0.05, 0) is 67.3 Å². The molecule has 35 heavy (non-hydrogen) atoms. The zero-order chi connectivity index (χ0) is 24.2. The molecule has 1 N–H and O–H groups in total. The predicted molar refractivity (Wildman–Crippen MR) is 145 cm³/mol. The number of aromatic nitrogens is 1. The van der Waals surface area contributed by atoms with E-state index >= 15 is 0 Å². The Labute approximate surface area is 211 Å². The minimum absolute atomic E-state index is 0.109. The van der Waals surface area contributed by atoms with Crippen LogP contribution < -0.4 is 4.72 Å². The minimum Gasteiger partial charge on any atom is -0.336 e. The molecule has 2 heterocycles. The number of benzene rings is 3. The standard InChI is InChI=1S/C29H30N4OS/c1-21-20-25(13-14-26(21)31-35-27-12-6-10-24-11-7-15-30-28(24)27)29(34)33-18-16-32(17-19-33)22(2)23-8-4-3-5-9-23/h3-15,20,22,31H,16-19H2,1-2H3. The van der Waals surface area contributed by atoms with Gasteiger partial charge in [-0.1, -0.05) is 48.5 Å². The number of aryl methyl sites for hydroxylation is 1. The number of pyridine rings is 1. The number of amides is 1. The molecule has 1 aromatic heterocycles. The molecule has 178 valence electrons. The summed E-state index contributed by atoms with van der Waals surface area (Å²) in [5, 5.41) is 1.12. The van der Waals surface area contributed by atoms with Crippen molar-refractivity contribution in [2.45, 2.75) is 24.8 Å². The summed E-state index contributed by atoms with van der Waals surface area (Å²) in [7, 11) is 0. The summed E-state index contributed by atoms with van der Waals surface area (Å²) in [6.07, 6.45) is 1.82. The zero-order valence-electron chi connectivity index (χ0n) is 20.1. The Morgan fingerprint density at radius 2 is 1.71 bits per heavy atom. The number of hydrogen-bond acceptors (Lipinski definition) is 5. The van der Waals surface area contributed by atoms with Crippen molar-refractivity contribution >= 4 is 34.4 Å².